The average molecular weight is 349 g/mol. The van der Waals surface area contributed by atoms with E-state index in [9.17, 15) is 4.79 Å². The molecule has 0 atom stereocenters. The van der Waals surface area contributed by atoms with E-state index in [1.807, 2.05) is 38.1 Å². The third-order valence-corrected chi connectivity index (χ3v) is 4.46. The van der Waals surface area contributed by atoms with Gasteiger partial charge in [-0.1, -0.05) is 6.92 Å². The number of carbonyl (C=O) groups is 1. The van der Waals surface area contributed by atoms with Crippen LogP contribution in [0.2, 0.25) is 0 Å². The topological polar surface area (TPSA) is 48.0 Å². The molecule has 0 spiro atoms. The van der Waals surface area contributed by atoms with Gasteiger partial charge in [-0.15, -0.1) is 0 Å². The predicted octanol–water partition coefficient (Wildman–Crippen LogP) is 3.18. The largest absolute Gasteiger partial charge is 0.490 e. The number of piperidine rings is 1. The molecule has 1 saturated heterocycles. The summed E-state index contributed by atoms with van der Waals surface area (Å²) in [6.45, 7) is 9.75. The van der Waals surface area contributed by atoms with Crippen molar-refractivity contribution in [2.45, 2.75) is 39.2 Å². The Kier molecular flexibility index (Phi) is 8.94. The fourth-order valence-electron chi connectivity index (χ4n) is 2.92. The Morgan fingerprint density at radius 3 is 2.36 bits per heavy atom. The maximum atomic E-state index is 11.6. The molecule has 0 radical (unpaired) electrons. The normalized spacial score (nSPS) is 16.1. The first-order valence-corrected chi connectivity index (χ1v) is 9.40. The minimum atomic E-state index is 0.170. The molecule has 0 bridgehead atoms. The molecule has 2 rings (SSSR count). The minimum Gasteiger partial charge on any atom is -0.490 e. The molecule has 0 amide bonds. The Hall–Kier alpha value is -1.43. The number of carbonyl (C=O) groups excluding carboxylic acids is 1. The highest BCUT2D eigenvalue weighted by Gasteiger charge is 2.20. The molecule has 1 aliphatic rings. The van der Waals surface area contributed by atoms with Crippen molar-refractivity contribution in [2.24, 2.45) is 0 Å². The molecule has 0 saturated carbocycles. The smallest absolute Gasteiger partial charge is 0.162 e. The van der Waals surface area contributed by atoms with Crippen LogP contribution in [0.5, 0.6) is 5.75 Å². The first-order valence-electron chi connectivity index (χ1n) is 9.40. The molecule has 25 heavy (non-hydrogen) atoms. The molecule has 1 aliphatic heterocycles. The number of benzene rings is 1. The van der Waals surface area contributed by atoms with Gasteiger partial charge in [-0.25, -0.2) is 0 Å². The predicted molar refractivity (Wildman–Crippen MR) is 98.5 cm³/mol. The molecule has 1 aromatic rings. The molecular formula is C20H31NO4. The van der Waals surface area contributed by atoms with E-state index in [4.69, 9.17) is 14.2 Å². The molecule has 1 heterocycles. The number of nitrogens with zero attached hydrogens (tertiary/aromatic N) is 1. The van der Waals surface area contributed by atoms with Gasteiger partial charge in [-0.3, -0.25) is 4.79 Å². The number of likely N-dealkylation sites (tertiary alicyclic amines) is 1. The van der Waals surface area contributed by atoms with Crippen LogP contribution in [0.25, 0.3) is 0 Å². The van der Waals surface area contributed by atoms with Gasteiger partial charge < -0.3 is 19.1 Å². The van der Waals surface area contributed by atoms with Crippen molar-refractivity contribution >= 4 is 5.78 Å². The number of Topliss-reactive ketones (excluding diaryl/α,β-unsaturated/α-hetero) is 1. The first-order chi connectivity index (χ1) is 12.2. The fraction of sp³-hybridized carbons (Fsp3) is 0.650. The summed E-state index contributed by atoms with van der Waals surface area (Å²) in [6, 6.07) is 7.52. The van der Waals surface area contributed by atoms with E-state index >= 15 is 0 Å². The Morgan fingerprint density at radius 2 is 1.72 bits per heavy atom. The Bertz CT molecular complexity index is 495. The van der Waals surface area contributed by atoms with Crippen molar-refractivity contribution < 1.29 is 19.0 Å². The van der Waals surface area contributed by atoms with E-state index in [1.54, 1.807) is 0 Å². The third kappa shape index (κ3) is 7.14. The second-order valence-electron chi connectivity index (χ2n) is 6.27. The lowest BCUT2D eigenvalue weighted by Crippen LogP contribution is -2.39. The van der Waals surface area contributed by atoms with Crippen molar-refractivity contribution in [3.05, 3.63) is 29.8 Å². The maximum Gasteiger partial charge on any atom is 0.162 e. The van der Waals surface area contributed by atoms with Gasteiger partial charge in [0.05, 0.1) is 19.8 Å². The summed E-state index contributed by atoms with van der Waals surface area (Å²) < 4.78 is 16.9. The van der Waals surface area contributed by atoms with Gasteiger partial charge in [0.15, 0.2) is 5.78 Å². The molecule has 1 aromatic carbocycles. The van der Waals surface area contributed by atoms with Gasteiger partial charge >= 0.3 is 0 Å². The van der Waals surface area contributed by atoms with Crippen molar-refractivity contribution in [3.63, 3.8) is 0 Å². The van der Waals surface area contributed by atoms with Crippen LogP contribution in [0.1, 0.15) is 43.5 Å². The highest BCUT2D eigenvalue weighted by atomic mass is 16.5. The Labute approximate surface area is 151 Å². The summed E-state index contributed by atoms with van der Waals surface area (Å²) in [5.41, 5.74) is 0.758. The molecular weight excluding hydrogens is 318 g/mol. The van der Waals surface area contributed by atoms with E-state index in [0.717, 1.165) is 57.0 Å². The van der Waals surface area contributed by atoms with Crippen LogP contribution in [0.4, 0.5) is 0 Å². The average Bonchev–Trinajstić information content (AvgIpc) is 2.66. The lowest BCUT2D eigenvalue weighted by molar-refractivity contribution is 0.0327. The number of rotatable bonds is 11. The van der Waals surface area contributed by atoms with Crippen LogP contribution < -0.4 is 4.74 Å². The van der Waals surface area contributed by atoms with Crippen LogP contribution in [0.15, 0.2) is 24.3 Å². The Morgan fingerprint density at radius 1 is 1.04 bits per heavy atom. The van der Waals surface area contributed by atoms with Crippen LogP contribution in [0, 0.1) is 0 Å². The molecule has 140 valence electrons. The molecule has 5 heteroatoms. The zero-order valence-electron chi connectivity index (χ0n) is 15.5. The summed E-state index contributed by atoms with van der Waals surface area (Å²) in [6.07, 6.45) is 2.83. The van der Waals surface area contributed by atoms with Crippen molar-refractivity contribution in [3.8, 4) is 5.75 Å². The van der Waals surface area contributed by atoms with Crippen molar-refractivity contribution in [1.29, 1.82) is 0 Å². The summed E-state index contributed by atoms with van der Waals surface area (Å²) in [5, 5.41) is 0. The second-order valence-corrected chi connectivity index (χ2v) is 6.27. The number of ether oxygens (including phenoxy) is 3. The van der Waals surface area contributed by atoms with Gasteiger partial charge in [-0.05, 0) is 44.0 Å². The molecule has 0 N–H and O–H groups in total. The van der Waals surface area contributed by atoms with Crippen LogP contribution >= 0.6 is 0 Å². The van der Waals surface area contributed by atoms with E-state index < -0.39 is 0 Å². The second kappa shape index (κ2) is 11.2. The zero-order chi connectivity index (χ0) is 17.9. The van der Waals surface area contributed by atoms with E-state index in [-0.39, 0.29) is 11.9 Å². The number of hydrogen-bond donors (Lipinski definition) is 0. The molecule has 0 aromatic heterocycles. The SMILES string of the molecule is CCOCCOCCN1CCC(Oc2ccc(C(=O)CC)cc2)CC1. The monoisotopic (exact) mass is 349 g/mol. The van der Waals surface area contributed by atoms with Gasteiger partial charge in [-0.2, -0.15) is 0 Å². The van der Waals surface area contributed by atoms with E-state index in [0.29, 0.717) is 19.6 Å². The van der Waals surface area contributed by atoms with Crippen molar-refractivity contribution in [1.82, 2.24) is 4.90 Å². The van der Waals surface area contributed by atoms with Gasteiger partial charge in [0.25, 0.3) is 0 Å². The summed E-state index contributed by atoms with van der Waals surface area (Å²) >= 11 is 0. The number of ketones is 1. The minimum absolute atomic E-state index is 0.170. The quantitative estimate of drug-likeness (QED) is 0.454. The van der Waals surface area contributed by atoms with E-state index in [1.165, 1.54) is 0 Å². The fourth-order valence-corrected chi connectivity index (χ4v) is 2.92. The Balaban J connectivity index is 1.62. The highest BCUT2D eigenvalue weighted by Crippen LogP contribution is 2.20. The maximum absolute atomic E-state index is 11.6. The lowest BCUT2D eigenvalue weighted by atomic mass is 10.1. The van der Waals surface area contributed by atoms with Crippen molar-refractivity contribution in [2.75, 3.05) is 46.1 Å². The zero-order valence-corrected chi connectivity index (χ0v) is 15.5. The molecule has 0 aliphatic carbocycles. The molecule has 0 unspecified atom stereocenters. The van der Waals surface area contributed by atoms with Crippen LogP contribution in [-0.4, -0.2) is 62.8 Å². The van der Waals surface area contributed by atoms with E-state index in [2.05, 4.69) is 4.90 Å². The first kappa shape index (κ1) is 19.9. The van der Waals surface area contributed by atoms with Crippen LogP contribution in [-0.2, 0) is 9.47 Å². The number of hydrogen-bond acceptors (Lipinski definition) is 5. The summed E-state index contributed by atoms with van der Waals surface area (Å²) in [5.74, 6) is 1.02. The standard InChI is InChI=1S/C20H31NO4/c1-3-20(22)17-5-7-18(8-6-17)25-19-9-11-21(12-10-19)13-14-24-16-15-23-4-2/h5-8,19H,3-4,9-16H2,1-2H3. The van der Waals surface area contributed by atoms with Gasteiger partial charge in [0, 0.05) is 38.2 Å². The highest BCUT2D eigenvalue weighted by molar-refractivity contribution is 5.95. The van der Waals surface area contributed by atoms with Gasteiger partial charge in [0.1, 0.15) is 11.9 Å². The van der Waals surface area contributed by atoms with Crippen LogP contribution in [0.3, 0.4) is 0 Å². The summed E-state index contributed by atoms with van der Waals surface area (Å²) in [4.78, 5) is 14.1. The van der Waals surface area contributed by atoms with Gasteiger partial charge in [0.2, 0.25) is 0 Å². The molecule has 5 nitrogen and oxygen atoms in total. The third-order valence-electron chi connectivity index (χ3n) is 4.46. The molecule has 1 fully saturated rings. The lowest BCUT2D eigenvalue weighted by Gasteiger charge is -2.32. The summed E-state index contributed by atoms with van der Waals surface area (Å²) in [7, 11) is 0.